The quantitative estimate of drug-likeness (QED) is 0.177. The van der Waals surface area contributed by atoms with E-state index in [1.54, 1.807) is 0 Å². The maximum absolute atomic E-state index is 10.6. The summed E-state index contributed by atoms with van der Waals surface area (Å²) < 4.78 is 4.40. The van der Waals surface area contributed by atoms with E-state index in [4.69, 9.17) is 13.1 Å². The number of hydrogen-bond acceptors (Lipinski definition) is 1. The molecule has 0 bridgehead atoms. The Hall–Kier alpha value is -7.39. The predicted molar refractivity (Wildman–Crippen MR) is 203 cm³/mol. The van der Waals surface area contributed by atoms with Crippen molar-refractivity contribution in [3.8, 4) is 39.7 Å². The fraction of sp³-hybridized carbons (Fsp3) is 0. The minimum atomic E-state index is 0.478. The Bertz CT molecular complexity index is 2920. The SMILES string of the molecule is [C-]#[N+]c1ccc2c(c1)c1ccccc1n2-c1c([N+]#[C-])cccc1-c1ccc(-c2cccc(-n3c4ccccc4c4ccccc43)c2)cc1C#N. The summed E-state index contributed by atoms with van der Waals surface area (Å²) in [5.74, 6) is 0. The summed E-state index contributed by atoms with van der Waals surface area (Å²) in [5, 5.41) is 14.9. The highest BCUT2D eigenvalue weighted by Gasteiger charge is 2.21. The average Bonchev–Trinajstić information content (AvgIpc) is 3.70. The molecule has 2 aromatic heterocycles. The Kier molecular flexibility index (Phi) is 6.56. The van der Waals surface area contributed by atoms with Crippen molar-refractivity contribution in [3.63, 3.8) is 0 Å². The fourth-order valence-corrected chi connectivity index (χ4v) is 7.42. The molecule has 0 unspecified atom stereocenters. The molecule has 9 rings (SSSR count). The molecular weight excluding hydrogens is 611 g/mol. The van der Waals surface area contributed by atoms with Crippen molar-refractivity contribution >= 4 is 55.0 Å². The van der Waals surface area contributed by atoms with Crippen LogP contribution in [0.3, 0.4) is 0 Å². The van der Waals surface area contributed by atoms with E-state index in [-0.39, 0.29) is 0 Å². The maximum Gasteiger partial charge on any atom is 0.211 e. The zero-order chi connectivity index (χ0) is 33.8. The lowest BCUT2D eigenvalue weighted by atomic mass is 9.93. The summed E-state index contributed by atoms with van der Waals surface area (Å²) >= 11 is 0. The zero-order valence-electron chi connectivity index (χ0n) is 26.7. The normalized spacial score (nSPS) is 11.1. The third-order valence-electron chi connectivity index (χ3n) is 9.59. The van der Waals surface area contributed by atoms with E-state index in [1.807, 2.05) is 72.8 Å². The molecule has 0 aliphatic rings. The molecule has 50 heavy (non-hydrogen) atoms. The van der Waals surface area contributed by atoms with Gasteiger partial charge in [0.25, 0.3) is 0 Å². The summed E-state index contributed by atoms with van der Waals surface area (Å²) in [5.41, 5.74) is 10.9. The summed E-state index contributed by atoms with van der Waals surface area (Å²) in [6.07, 6.45) is 0. The van der Waals surface area contributed by atoms with Crippen LogP contribution in [0.5, 0.6) is 0 Å². The predicted octanol–water partition coefficient (Wildman–Crippen LogP) is 12.2. The van der Waals surface area contributed by atoms with Gasteiger partial charge >= 0.3 is 0 Å². The van der Waals surface area contributed by atoms with Gasteiger partial charge in [-0.2, -0.15) is 5.26 Å². The first kappa shape index (κ1) is 28.8. The van der Waals surface area contributed by atoms with Gasteiger partial charge in [0, 0.05) is 27.4 Å². The number of nitriles is 1. The highest BCUT2D eigenvalue weighted by Crippen LogP contribution is 2.43. The molecule has 0 aliphatic heterocycles. The summed E-state index contributed by atoms with van der Waals surface area (Å²) in [6, 6.07) is 53.2. The average molecular weight is 636 g/mol. The minimum Gasteiger partial charge on any atom is -0.318 e. The topological polar surface area (TPSA) is 42.4 Å². The van der Waals surface area contributed by atoms with Crippen LogP contribution >= 0.6 is 0 Å². The minimum absolute atomic E-state index is 0.478. The summed E-state index contributed by atoms with van der Waals surface area (Å²) in [7, 11) is 0. The van der Waals surface area contributed by atoms with E-state index < -0.39 is 0 Å². The van der Waals surface area contributed by atoms with Crippen LogP contribution in [0, 0.1) is 24.5 Å². The Morgan fingerprint density at radius 3 is 1.78 bits per heavy atom. The molecule has 2 heterocycles. The largest absolute Gasteiger partial charge is 0.318 e. The fourth-order valence-electron chi connectivity index (χ4n) is 7.42. The monoisotopic (exact) mass is 635 g/mol. The number of hydrogen-bond donors (Lipinski definition) is 0. The molecule has 7 aromatic carbocycles. The number of nitrogens with zero attached hydrogens (tertiary/aromatic N) is 5. The molecule has 9 aromatic rings. The van der Waals surface area contributed by atoms with Gasteiger partial charge in [-0.3, -0.25) is 0 Å². The van der Waals surface area contributed by atoms with Crippen LogP contribution in [0.1, 0.15) is 5.56 Å². The van der Waals surface area contributed by atoms with E-state index in [1.165, 1.54) is 10.8 Å². The number of para-hydroxylation sites is 4. The number of fused-ring (bicyclic) bond motifs is 6. The van der Waals surface area contributed by atoms with Gasteiger partial charge in [0.15, 0.2) is 5.69 Å². The van der Waals surface area contributed by atoms with Crippen LogP contribution in [0.25, 0.3) is 86.9 Å². The molecule has 0 radical (unpaired) electrons. The van der Waals surface area contributed by atoms with Crippen LogP contribution in [0.2, 0.25) is 0 Å². The Morgan fingerprint density at radius 2 is 1.10 bits per heavy atom. The number of rotatable bonds is 4. The molecule has 0 spiro atoms. The van der Waals surface area contributed by atoms with Crippen molar-refractivity contribution in [2.75, 3.05) is 0 Å². The Labute approximate surface area is 288 Å². The van der Waals surface area contributed by atoms with Crippen molar-refractivity contribution in [3.05, 3.63) is 180 Å². The van der Waals surface area contributed by atoms with Gasteiger partial charge in [-0.15, -0.1) is 0 Å². The molecule has 0 atom stereocenters. The third-order valence-corrected chi connectivity index (χ3v) is 9.59. The van der Waals surface area contributed by atoms with E-state index in [0.717, 1.165) is 60.8 Å². The van der Waals surface area contributed by atoms with E-state index in [0.29, 0.717) is 22.6 Å². The number of benzene rings is 7. The van der Waals surface area contributed by atoms with Crippen LogP contribution in [-0.4, -0.2) is 9.13 Å². The lowest BCUT2D eigenvalue weighted by Gasteiger charge is -2.17. The first-order chi connectivity index (χ1) is 24.7. The van der Waals surface area contributed by atoms with Crippen molar-refractivity contribution < 1.29 is 0 Å². The van der Waals surface area contributed by atoms with Crippen molar-refractivity contribution in [2.24, 2.45) is 0 Å². The molecule has 0 saturated heterocycles. The maximum atomic E-state index is 10.6. The van der Waals surface area contributed by atoms with E-state index >= 15 is 0 Å². The second kappa shape index (κ2) is 11.4. The van der Waals surface area contributed by atoms with Crippen LogP contribution < -0.4 is 0 Å². The van der Waals surface area contributed by atoms with Gasteiger partial charge in [0.05, 0.1) is 52.5 Å². The molecule has 0 saturated carbocycles. The second-order valence-electron chi connectivity index (χ2n) is 12.2. The van der Waals surface area contributed by atoms with Gasteiger partial charge in [-0.25, -0.2) is 9.69 Å². The number of aromatic nitrogens is 2. The molecule has 5 heteroatoms. The standard InChI is InChI=1S/C45H25N5/c1-47-32-22-24-44-39(27-32)37-15-5-8-20-43(37)50(44)45-38(16-10-17-40(45)48-2)34-23-21-30(25-31(34)28-46)29-11-9-12-33(26-29)49-41-18-6-3-13-35(41)36-14-4-7-19-42(36)49/h3-27H. The van der Waals surface area contributed by atoms with Gasteiger partial charge in [-0.1, -0.05) is 103 Å². The lowest BCUT2D eigenvalue weighted by molar-refractivity contribution is 1.18. The Balaban J connectivity index is 1.22. The highest BCUT2D eigenvalue weighted by atomic mass is 15.0. The molecule has 0 N–H and O–H groups in total. The molecule has 0 fully saturated rings. The molecule has 230 valence electrons. The Morgan fingerprint density at radius 1 is 0.480 bits per heavy atom. The molecular formula is C45H25N5. The zero-order valence-corrected chi connectivity index (χ0v) is 26.7. The second-order valence-corrected chi connectivity index (χ2v) is 12.2. The third kappa shape index (κ3) is 4.31. The van der Waals surface area contributed by atoms with Crippen LogP contribution in [0.15, 0.2) is 152 Å². The van der Waals surface area contributed by atoms with E-state index in [2.05, 4.69) is 104 Å². The van der Waals surface area contributed by atoms with Crippen LogP contribution in [-0.2, 0) is 0 Å². The van der Waals surface area contributed by atoms with Crippen LogP contribution in [0.4, 0.5) is 11.4 Å². The molecule has 0 aliphatic carbocycles. The van der Waals surface area contributed by atoms with Gasteiger partial charge in [0.1, 0.15) is 0 Å². The van der Waals surface area contributed by atoms with Gasteiger partial charge in [-0.05, 0) is 70.6 Å². The van der Waals surface area contributed by atoms with Gasteiger partial charge < -0.3 is 9.13 Å². The first-order valence-electron chi connectivity index (χ1n) is 16.2. The lowest BCUT2D eigenvalue weighted by Crippen LogP contribution is -1.99. The summed E-state index contributed by atoms with van der Waals surface area (Å²) in [6.45, 7) is 15.7. The molecule has 5 nitrogen and oxygen atoms in total. The van der Waals surface area contributed by atoms with Crippen molar-refractivity contribution in [2.45, 2.75) is 0 Å². The summed E-state index contributed by atoms with van der Waals surface area (Å²) in [4.78, 5) is 7.62. The van der Waals surface area contributed by atoms with E-state index in [9.17, 15) is 5.26 Å². The van der Waals surface area contributed by atoms with Crippen molar-refractivity contribution in [1.29, 1.82) is 5.26 Å². The van der Waals surface area contributed by atoms with Gasteiger partial charge in [0.2, 0.25) is 5.69 Å². The van der Waals surface area contributed by atoms with Crippen molar-refractivity contribution in [1.82, 2.24) is 9.13 Å². The molecule has 0 amide bonds. The smallest absolute Gasteiger partial charge is 0.211 e. The first-order valence-corrected chi connectivity index (χ1v) is 16.2. The highest BCUT2D eigenvalue weighted by molar-refractivity contribution is 6.12.